The van der Waals surface area contributed by atoms with E-state index in [9.17, 15) is 17.8 Å². The highest BCUT2D eigenvalue weighted by atomic mass is 32.2. The van der Waals surface area contributed by atoms with Crippen molar-refractivity contribution in [3.8, 4) is 0 Å². The van der Waals surface area contributed by atoms with Gasteiger partial charge >= 0.3 is 4.87 Å². The second-order valence-corrected chi connectivity index (χ2v) is 10.6. The zero-order chi connectivity index (χ0) is 21.8. The summed E-state index contributed by atoms with van der Waals surface area (Å²) in [5.74, 6) is 0.0699. The topological polar surface area (TPSA) is 117 Å². The van der Waals surface area contributed by atoms with Crippen LogP contribution in [0, 0.1) is 0 Å². The lowest BCUT2D eigenvalue weighted by molar-refractivity contribution is 0.452. The van der Waals surface area contributed by atoms with Crippen LogP contribution in [0.1, 0.15) is 114 Å². The molecule has 2 heterocycles. The predicted molar refractivity (Wildman–Crippen MR) is 121 cm³/mol. The number of hydrogen-bond donors (Lipinski definition) is 2. The lowest BCUT2D eigenvalue weighted by Crippen LogP contribution is -2.16. The summed E-state index contributed by atoms with van der Waals surface area (Å²) in [4.78, 5) is 11.4. The zero-order valence-electron chi connectivity index (χ0n) is 18.0. The number of aromatic nitrogens is 4. The van der Waals surface area contributed by atoms with Gasteiger partial charge in [-0.2, -0.15) is 8.42 Å². The fourth-order valence-electron chi connectivity index (χ4n) is 3.79. The van der Waals surface area contributed by atoms with Crippen molar-refractivity contribution in [2.75, 3.05) is 0 Å². The Morgan fingerprint density at radius 2 is 1.40 bits per heavy atom. The van der Waals surface area contributed by atoms with E-state index in [1.54, 1.807) is 0 Å². The number of nitrogens with one attached hydrogen (secondary N) is 1. The van der Waals surface area contributed by atoms with Crippen molar-refractivity contribution in [1.82, 2.24) is 19.8 Å². The summed E-state index contributed by atoms with van der Waals surface area (Å²) in [6.07, 6.45) is 17.3. The van der Waals surface area contributed by atoms with Crippen LogP contribution in [-0.2, 0) is 10.1 Å². The molecule has 172 valence electrons. The van der Waals surface area contributed by atoms with Crippen molar-refractivity contribution < 1.29 is 13.0 Å². The molecule has 0 saturated heterocycles. The van der Waals surface area contributed by atoms with Gasteiger partial charge in [-0.15, -0.1) is 10.2 Å². The van der Waals surface area contributed by atoms with Crippen LogP contribution >= 0.6 is 11.3 Å². The van der Waals surface area contributed by atoms with Gasteiger partial charge in [0.2, 0.25) is 4.96 Å². The summed E-state index contributed by atoms with van der Waals surface area (Å²) in [5, 5.41) is 9.00. The summed E-state index contributed by atoms with van der Waals surface area (Å²) in [5.41, 5.74) is 0. The number of H-pyrrole nitrogens is 1. The van der Waals surface area contributed by atoms with Crippen LogP contribution < -0.4 is 4.87 Å². The van der Waals surface area contributed by atoms with Crippen LogP contribution in [0.5, 0.6) is 0 Å². The fraction of sp³-hybridized carbons (Fsp3) is 0.850. The Balaban J connectivity index is 1.59. The van der Waals surface area contributed by atoms with Gasteiger partial charge in [0, 0.05) is 0 Å². The minimum absolute atomic E-state index is 0.0699. The quantitative estimate of drug-likeness (QED) is 0.245. The highest BCUT2D eigenvalue weighted by molar-refractivity contribution is 7.86. The van der Waals surface area contributed by atoms with E-state index >= 15 is 0 Å². The first-order chi connectivity index (χ1) is 14.4. The Labute approximate surface area is 183 Å². The summed E-state index contributed by atoms with van der Waals surface area (Å²) >= 11 is 0.851. The molecule has 2 rings (SSSR count). The predicted octanol–water partition coefficient (Wildman–Crippen LogP) is 5.28. The third-order valence-corrected chi connectivity index (χ3v) is 7.40. The summed E-state index contributed by atoms with van der Waals surface area (Å²) in [6.45, 7) is 2.25. The molecule has 0 aliphatic heterocycles. The van der Waals surface area contributed by atoms with Gasteiger partial charge in [0.1, 0.15) is 5.25 Å². The van der Waals surface area contributed by atoms with Gasteiger partial charge in [-0.3, -0.25) is 9.35 Å². The maximum atomic E-state index is 11.8. The van der Waals surface area contributed by atoms with Gasteiger partial charge in [0.05, 0.1) is 0 Å². The lowest BCUT2D eigenvalue weighted by atomic mass is 10.0. The van der Waals surface area contributed by atoms with Crippen LogP contribution in [0.2, 0.25) is 0 Å². The maximum absolute atomic E-state index is 11.8. The fourth-order valence-corrected chi connectivity index (χ4v) is 5.29. The number of fused-ring (bicyclic) bond motifs is 1. The Morgan fingerprint density at radius 1 is 0.900 bits per heavy atom. The molecule has 0 bridgehead atoms. The van der Waals surface area contributed by atoms with Crippen molar-refractivity contribution in [3.05, 3.63) is 15.5 Å². The van der Waals surface area contributed by atoms with Crippen molar-refractivity contribution in [1.29, 1.82) is 0 Å². The van der Waals surface area contributed by atoms with Crippen molar-refractivity contribution in [3.63, 3.8) is 0 Å². The minimum Gasteiger partial charge on any atom is -0.285 e. The molecule has 0 fully saturated rings. The van der Waals surface area contributed by atoms with E-state index in [0.717, 1.165) is 30.6 Å². The second-order valence-electron chi connectivity index (χ2n) is 8.07. The molecule has 30 heavy (non-hydrogen) atoms. The first-order valence-corrected chi connectivity index (χ1v) is 13.7. The zero-order valence-corrected chi connectivity index (χ0v) is 19.6. The Kier molecular flexibility index (Phi) is 11.0. The third-order valence-electron chi connectivity index (χ3n) is 5.51. The molecule has 10 heteroatoms. The Bertz CT molecular complexity index is 888. The molecule has 0 saturated carbocycles. The Morgan fingerprint density at radius 3 is 1.90 bits per heavy atom. The maximum Gasteiger partial charge on any atom is 0.322 e. The standard InChI is InChI=1S/C20H36N4O4S2/c1-2-3-4-5-6-7-8-9-10-11-12-13-14-15-16-17(30(26,27)28)18-21-22-19-24(18)23-20(25)29-19/h17H,2-16H2,1H3,(H,23,25)(H,26,27,28). The summed E-state index contributed by atoms with van der Waals surface area (Å²) in [7, 11) is -4.33. The number of unbranched alkanes of at least 4 members (excludes halogenated alkanes) is 13. The van der Waals surface area contributed by atoms with E-state index in [0.29, 0.717) is 11.4 Å². The van der Waals surface area contributed by atoms with E-state index in [4.69, 9.17) is 0 Å². The summed E-state index contributed by atoms with van der Waals surface area (Å²) < 4.78 is 34.5. The second kappa shape index (κ2) is 13.2. The minimum atomic E-state index is -4.33. The average Bonchev–Trinajstić information content (AvgIpc) is 3.23. The van der Waals surface area contributed by atoms with Crippen molar-refractivity contribution >= 4 is 26.4 Å². The van der Waals surface area contributed by atoms with E-state index in [2.05, 4.69) is 22.2 Å². The van der Waals surface area contributed by atoms with Crippen LogP contribution in [0.3, 0.4) is 0 Å². The summed E-state index contributed by atoms with van der Waals surface area (Å²) in [6, 6.07) is 0. The molecule has 2 N–H and O–H groups in total. The molecule has 2 aromatic rings. The van der Waals surface area contributed by atoms with Gasteiger partial charge in [-0.1, -0.05) is 96.8 Å². The third kappa shape index (κ3) is 8.47. The lowest BCUT2D eigenvalue weighted by Gasteiger charge is -2.11. The van der Waals surface area contributed by atoms with Crippen LogP contribution in [0.25, 0.3) is 4.96 Å². The molecule has 2 aromatic heterocycles. The van der Waals surface area contributed by atoms with E-state index in [1.807, 2.05) is 0 Å². The molecule has 0 radical (unpaired) electrons. The SMILES string of the molecule is CCCCCCCCCCCCCCCCC(c1nnc2sc(=O)[nH]n12)S(=O)(=O)O. The van der Waals surface area contributed by atoms with Crippen molar-refractivity contribution in [2.45, 2.75) is 108 Å². The largest absolute Gasteiger partial charge is 0.322 e. The average molecular weight is 461 g/mol. The van der Waals surface area contributed by atoms with Crippen LogP contribution in [0.4, 0.5) is 0 Å². The molecule has 1 atom stereocenters. The molecular formula is C20H36N4O4S2. The van der Waals surface area contributed by atoms with E-state index in [1.165, 1.54) is 68.7 Å². The first kappa shape index (κ1) is 25.0. The normalized spacial score (nSPS) is 13.3. The van der Waals surface area contributed by atoms with Gasteiger partial charge in [-0.05, 0) is 17.8 Å². The molecule has 0 aliphatic carbocycles. The number of rotatable bonds is 17. The van der Waals surface area contributed by atoms with Gasteiger partial charge in [0.15, 0.2) is 5.82 Å². The highest BCUT2D eigenvalue weighted by Crippen LogP contribution is 2.27. The number of aromatic amines is 1. The molecule has 0 aromatic carbocycles. The van der Waals surface area contributed by atoms with E-state index in [-0.39, 0.29) is 17.1 Å². The molecule has 0 amide bonds. The smallest absolute Gasteiger partial charge is 0.285 e. The monoisotopic (exact) mass is 460 g/mol. The highest BCUT2D eigenvalue weighted by Gasteiger charge is 2.30. The van der Waals surface area contributed by atoms with Gasteiger partial charge in [-0.25, -0.2) is 9.61 Å². The molecule has 8 nitrogen and oxygen atoms in total. The molecule has 0 spiro atoms. The van der Waals surface area contributed by atoms with Crippen LogP contribution in [-0.4, -0.2) is 32.8 Å². The van der Waals surface area contributed by atoms with Crippen molar-refractivity contribution in [2.24, 2.45) is 0 Å². The molecular weight excluding hydrogens is 424 g/mol. The van der Waals surface area contributed by atoms with Crippen LogP contribution in [0.15, 0.2) is 4.79 Å². The molecule has 0 aliphatic rings. The molecule has 1 unspecified atom stereocenters. The van der Waals surface area contributed by atoms with Gasteiger partial charge in [0.25, 0.3) is 10.1 Å². The van der Waals surface area contributed by atoms with Gasteiger partial charge < -0.3 is 0 Å². The number of nitrogens with zero attached hydrogens (tertiary/aromatic N) is 3. The Hall–Kier alpha value is -1.26. The first-order valence-electron chi connectivity index (χ1n) is 11.3. The number of hydrogen-bond acceptors (Lipinski definition) is 6. The van der Waals surface area contributed by atoms with E-state index < -0.39 is 15.4 Å².